The maximum atomic E-state index is 12.1. The molecule has 0 radical (unpaired) electrons. The average molecular weight is 192 g/mol. The third-order valence-corrected chi connectivity index (χ3v) is 1.26. The first-order valence-corrected chi connectivity index (χ1v) is 3.18. The highest BCUT2D eigenvalue weighted by Gasteiger charge is 1.87. The summed E-state index contributed by atoms with van der Waals surface area (Å²) in [6, 6.07) is 0. The summed E-state index contributed by atoms with van der Waals surface area (Å²) in [7, 11) is 0. The van der Waals surface area contributed by atoms with Crippen molar-refractivity contribution in [1.29, 1.82) is 0 Å². The quantitative estimate of drug-likeness (QED) is 0.471. The highest BCUT2D eigenvalue weighted by Crippen LogP contribution is 2.06. The van der Waals surface area contributed by atoms with Gasteiger partial charge in [0, 0.05) is 0 Å². The van der Waals surface area contributed by atoms with Gasteiger partial charge in [-0.3, -0.25) is 0 Å². The highest BCUT2D eigenvalue weighted by molar-refractivity contribution is 9.11. The molecule has 3 heteroatoms. The molecule has 9 heavy (non-hydrogen) atoms. The molecule has 0 heterocycles. The van der Waals surface area contributed by atoms with Crippen molar-refractivity contribution >= 4 is 21.9 Å². The van der Waals surface area contributed by atoms with Gasteiger partial charge in [0.15, 0.2) is 0 Å². The van der Waals surface area contributed by atoms with Crippen LogP contribution in [0, 0.1) is 0 Å². The van der Waals surface area contributed by atoms with Crippen molar-refractivity contribution in [3.05, 3.63) is 23.3 Å². The second-order valence-corrected chi connectivity index (χ2v) is 2.06. The van der Waals surface area contributed by atoms with Crippen molar-refractivity contribution < 1.29 is 4.39 Å². The van der Waals surface area contributed by atoms with Crippen LogP contribution in [0.5, 0.6) is 0 Å². The molecule has 0 aromatic carbocycles. The van der Waals surface area contributed by atoms with E-state index in [0.717, 1.165) is 6.08 Å². The summed E-state index contributed by atoms with van der Waals surface area (Å²) >= 11 is 3.00. The van der Waals surface area contributed by atoms with Gasteiger partial charge in [0.25, 0.3) is 0 Å². The third kappa shape index (κ3) is 4.09. The molecule has 0 atom stereocenters. The first-order valence-electron chi connectivity index (χ1n) is 2.39. The number of rotatable bonds is 2. The minimum absolute atomic E-state index is 0.472. The van der Waals surface area contributed by atoms with Crippen LogP contribution in [0.3, 0.4) is 0 Å². The van der Waals surface area contributed by atoms with Crippen LogP contribution in [0.4, 0.5) is 4.39 Å². The van der Waals surface area contributed by atoms with Gasteiger partial charge in [0.05, 0.1) is 0 Å². The Morgan fingerprint density at radius 2 is 2.33 bits per heavy atom. The van der Waals surface area contributed by atoms with Gasteiger partial charge in [-0.2, -0.15) is 4.39 Å². The molecule has 0 aromatic rings. The SMILES string of the molecule is C=C/C(F)=N\C(Br)=C/C. The molecule has 0 saturated carbocycles. The van der Waals surface area contributed by atoms with Crippen molar-refractivity contribution in [2.75, 3.05) is 0 Å². The zero-order valence-corrected chi connectivity index (χ0v) is 6.65. The number of allylic oxidation sites excluding steroid dienone is 2. The van der Waals surface area contributed by atoms with Crippen LogP contribution in [0.15, 0.2) is 28.3 Å². The Hall–Kier alpha value is -0.440. The van der Waals surface area contributed by atoms with Gasteiger partial charge in [0.1, 0.15) is 4.61 Å². The van der Waals surface area contributed by atoms with Crippen LogP contribution in [0.1, 0.15) is 6.92 Å². The minimum Gasteiger partial charge on any atom is -0.213 e. The third-order valence-electron chi connectivity index (χ3n) is 0.620. The second kappa shape index (κ2) is 4.44. The maximum Gasteiger partial charge on any atom is 0.213 e. The minimum atomic E-state index is -0.583. The van der Waals surface area contributed by atoms with Gasteiger partial charge in [-0.05, 0) is 28.9 Å². The lowest BCUT2D eigenvalue weighted by Crippen LogP contribution is -1.78. The molecule has 50 valence electrons. The molecule has 0 spiro atoms. The number of hydrogen-bond acceptors (Lipinski definition) is 1. The van der Waals surface area contributed by atoms with Gasteiger partial charge in [-0.1, -0.05) is 12.7 Å². The molecule has 0 bridgehead atoms. The fraction of sp³-hybridized carbons (Fsp3) is 0.167. The number of hydrogen-bond donors (Lipinski definition) is 0. The summed E-state index contributed by atoms with van der Waals surface area (Å²) in [5.74, 6) is -0.583. The molecule has 0 aliphatic rings. The van der Waals surface area contributed by atoms with E-state index >= 15 is 0 Å². The maximum absolute atomic E-state index is 12.1. The van der Waals surface area contributed by atoms with E-state index in [2.05, 4.69) is 27.5 Å². The van der Waals surface area contributed by atoms with Crippen molar-refractivity contribution in [1.82, 2.24) is 0 Å². The lowest BCUT2D eigenvalue weighted by atomic mass is 10.6. The van der Waals surface area contributed by atoms with Crippen LogP contribution in [-0.4, -0.2) is 5.97 Å². The summed E-state index contributed by atoms with van der Waals surface area (Å²) in [4.78, 5) is 3.42. The molecule has 0 aromatic heterocycles. The normalized spacial score (nSPS) is 13.7. The molecule has 1 nitrogen and oxygen atoms in total. The van der Waals surface area contributed by atoms with Crippen LogP contribution in [0.25, 0.3) is 0 Å². The van der Waals surface area contributed by atoms with Gasteiger partial charge < -0.3 is 0 Å². The van der Waals surface area contributed by atoms with E-state index < -0.39 is 5.97 Å². The molecule has 0 aliphatic heterocycles. The predicted molar refractivity (Wildman–Crippen MR) is 41.4 cm³/mol. The van der Waals surface area contributed by atoms with Gasteiger partial charge >= 0.3 is 0 Å². The first-order chi connectivity index (χ1) is 4.20. The average Bonchev–Trinajstić information content (AvgIpc) is 1.87. The Labute approximate surface area is 62.1 Å². The molecule has 0 rings (SSSR count). The molecule has 0 N–H and O–H groups in total. The number of halogens is 2. The monoisotopic (exact) mass is 191 g/mol. The van der Waals surface area contributed by atoms with E-state index in [1.807, 2.05) is 0 Å². The zero-order chi connectivity index (χ0) is 7.28. The van der Waals surface area contributed by atoms with Crippen LogP contribution in [-0.2, 0) is 0 Å². The standard InChI is InChI=1S/C6H7BrFN/c1-3-5(7)9-6(8)4-2/h3-4H,2H2,1H3/b5-3-,9-6+. The Balaban J connectivity index is 4.11. The van der Waals surface area contributed by atoms with Crippen molar-refractivity contribution in [3.63, 3.8) is 0 Å². The fourth-order valence-electron chi connectivity index (χ4n) is 0.212. The molecule has 0 aliphatic carbocycles. The Morgan fingerprint density at radius 3 is 2.67 bits per heavy atom. The van der Waals surface area contributed by atoms with E-state index in [1.54, 1.807) is 13.0 Å². The Bertz CT molecular complexity index is 160. The van der Waals surface area contributed by atoms with Gasteiger partial charge in [0.2, 0.25) is 5.97 Å². The van der Waals surface area contributed by atoms with Crippen LogP contribution in [0.2, 0.25) is 0 Å². The van der Waals surface area contributed by atoms with Gasteiger partial charge in [-0.15, -0.1) is 0 Å². The zero-order valence-electron chi connectivity index (χ0n) is 5.06. The Morgan fingerprint density at radius 1 is 1.78 bits per heavy atom. The van der Waals surface area contributed by atoms with Gasteiger partial charge in [-0.25, -0.2) is 4.99 Å². The van der Waals surface area contributed by atoms with E-state index in [1.165, 1.54) is 0 Å². The molecule has 0 saturated heterocycles. The highest BCUT2D eigenvalue weighted by atomic mass is 79.9. The molecule has 0 fully saturated rings. The summed E-state index contributed by atoms with van der Waals surface area (Å²) in [6.07, 6.45) is 2.69. The molecular weight excluding hydrogens is 185 g/mol. The van der Waals surface area contributed by atoms with E-state index in [9.17, 15) is 4.39 Å². The Kier molecular flexibility index (Phi) is 4.22. The van der Waals surface area contributed by atoms with Crippen molar-refractivity contribution in [2.24, 2.45) is 4.99 Å². The summed E-state index contributed by atoms with van der Waals surface area (Å²) in [5.41, 5.74) is 0. The van der Waals surface area contributed by atoms with Crippen LogP contribution >= 0.6 is 15.9 Å². The summed E-state index contributed by atoms with van der Waals surface area (Å²) < 4.78 is 12.6. The number of aliphatic imine (C=N–C) groups is 1. The number of nitrogens with zero attached hydrogens (tertiary/aromatic N) is 1. The smallest absolute Gasteiger partial charge is 0.213 e. The van der Waals surface area contributed by atoms with Crippen molar-refractivity contribution in [3.8, 4) is 0 Å². The predicted octanol–water partition coefficient (Wildman–Crippen LogP) is 2.80. The summed E-state index contributed by atoms with van der Waals surface area (Å²) in [5, 5.41) is 0. The largest absolute Gasteiger partial charge is 0.213 e. The summed E-state index contributed by atoms with van der Waals surface area (Å²) in [6.45, 7) is 4.95. The first kappa shape index (κ1) is 8.56. The second-order valence-electron chi connectivity index (χ2n) is 1.25. The molecule has 0 unspecified atom stereocenters. The topological polar surface area (TPSA) is 12.4 Å². The van der Waals surface area contributed by atoms with Crippen molar-refractivity contribution in [2.45, 2.75) is 6.92 Å². The van der Waals surface area contributed by atoms with E-state index in [4.69, 9.17) is 0 Å². The van der Waals surface area contributed by atoms with E-state index in [0.29, 0.717) is 4.61 Å². The van der Waals surface area contributed by atoms with E-state index in [-0.39, 0.29) is 0 Å². The van der Waals surface area contributed by atoms with Crippen LogP contribution < -0.4 is 0 Å². The lowest BCUT2D eigenvalue weighted by Gasteiger charge is -1.84. The molecular formula is C6H7BrFN. The fourth-order valence-corrected chi connectivity index (χ4v) is 0.382. The lowest BCUT2D eigenvalue weighted by molar-refractivity contribution is 0.812. The molecule has 0 amide bonds.